The molecule has 10 N–H and O–H groups in total. The zero-order valence-electron chi connectivity index (χ0n) is 21.7. The van der Waals surface area contributed by atoms with Crippen molar-refractivity contribution < 1.29 is 39.6 Å². The van der Waals surface area contributed by atoms with E-state index in [1.54, 1.807) is 12.3 Å². The summed E-state index contributed by atoms with van der Waals surface area (Å²) in [4.78, 5) is 53.5. The van der Waals surface area contributed by atoms with Crippen LogP contribution in [-0.2, 0) is 32.0 Å². The lowest BCUT2D eigenvalue weighted by atomic mass is 10.0. The Morgan fingerprint density at radius 2 is 1.48 bits per heavy atom. The molecule has 3 amide bonds. The average Bonchev–Trinajstić information content (AvgIpc) is 3.33. The van der Waals surface area contributed by atoms with Crippen LogP contribution in [0.4, 0.5) is 0 Å². The number of carbonyl (C=O) groups excluding carboxylic acids is 3. The van der Waals surface area contributed by atoms with Gasteiger partial charge >= 0.3 is 5.97 Å². The van der Waals surface area contributed by atoms with E-state index >= 15 is 0 Å². The maximum Gasteiger partial charge on any atom is 0.326 e. The van der Waals surface area contributed by atoms with E-state index in [1.165, 1.54) is 31.2 Å². The van der Waals surface area contributed by atoms with Crippen LogP contribution >= 0.6 is 0 Å². The van der Waals surface area contributed by atoms with E-state index in [1.807, 2.05) is 18.2 Å². The number of phenols is 1. The Balaban J connectivity index is 1.73. The Hall–Kier alpha value is -4.46. The summed E-state index contributed by atoms with van der Waals surface area (Å²) in [6.07, 6.45) is 0.293. The number of carbonyl (C=O) groups is 4. The first-order valence-electron chi connectivity index (χ1n) is 12.5. The standard InChI is InChI=1S/C27H33N5O8/c1-14(34)23(28)26(38)30-20(10-15-6-8-17(35)9-7-15)24(36)32-22(13-33)25(37)31-21(27(39)40)11-16-12-29-19-5-3-2-4-18(16)19/h2-9,12,14,20-23,29,33-35H,10-11,13,28H2,1H3,(H,30,38)(H,31,37)(H,32,36)(H,39,40). The molecule has 0 fully saturated rings. The highest BCUT2D eigenvalue weighted by Crippen LogP contribution is 2.19. The topological polar surface area (TPSA) is 227 Å². The number of carboxylic acids is 1. The molecule has 0 spiro atoms. The van der Waals surface area contributed by atoms with Crippen molar-refractivity contribution in [1.29, 1.82) is 0 Å². The molecule has 13 heteroatoms. The van der Waals surface area contributed by atoms with Crippen molar-refractivity contribution in [3.05, 3.63) is 65.9 Å². The van der Waals surface area contributed by atoms with Crippen molar-refractivity contribution in [3.8, 4) is 5.75 Å². The number of aliphatic carboxylic acids is 1. The Bertz CT molecular complexity index is 1340. The maximum atomic E-state index is 13.1. The van der Waals surface area contributed by atoms with E-state index in [9.17, 15) is 39.6 Å². The number of aromatic nitrogens is 1. The molecule has 0 aliphatic heterocycles. The zero-order valence-corrected chi connectivity index (χ0v) is 21.7. The number of nitrogens with two attached hydrogens (primary N) is 1. The smallest absolute Gasteiger partial charge is 0.326 e. The number of para-hydroxylation sites is 1. The van der Waals surface area contributed by atoms with E-state index in [0.717, 1.165) is 10.9 Å². The third-order valence-corrected chi connectivity index (χ3v) is 6.36. The van der Waals surface area contributed by atoms with Gasteiger partial charge in [-0.05, 0) is 36.2 Å². The molecule has 0 aliphatic rings. The van der Waals surface area contributed by atoms with Gasteiger partial charge in [-0.1, -0.05) is 30.3 Å². The molecule has 0 bridgehead atoms. The van der Waals surface area contributed by atoms with Gasteiger partial charge in [0.25, 0.3) is 0 Å². The van der Waals surface area contributed by atoms with Gasteiger partial charge in [0, 0.05) is 29.9 Å². The Morgan fingerprint density at radius 3 is 2.10 bits per heavy atom. The number of carboxylic acid groups (broad SMARTS) is 1. The van der Waals surface area contributed by atoms with Crippen LogP contribution in [0.3, 0.4) is 0 Å². The van der Waals surface area contributed by atoms with E-state index in [4.69, 9.17) is 5.73 Å². The van der Waals surface area contributed by atoms with Gasteiger partial charge in [0.1, 0.15) is 29.9 Å². The molecule has 1 heterocycles. The molecule has 3 rings (SSSR count). The van der Waals surface area contributed by atoms with Crippen molar-refractivity contribution in [1.82, 2.24) is 20.9 Å². The molecule has 13 nitrogen and oxygen atoms in total. The van der Waals surface area contributed by atoms with Crippen molar-refractivity contribution in [3.63, 3.8) is 0 Å². The number of amides is 3. The van der Waals surface area contributed by atoms with Crippen LogP contribution < -0.4 is 21.7 Å². The number of nitrogens with one attached hydrogen (secondary N) is 4. The first-order valence-corrected chi connectivity index (χ1v) is 12.5. The van der Waals surface area contributed by atoms with Gasteiger partial charge in [0.15, 0.2) is 0 Å². The summed E-state index contributed by atoms with van der Waals surface area (Å²) in [7, 11) is 0. The summed E-state index contributed by atoms with van der Waals surface area (Å²) >= 11 is 0. The van der Waals surface area contributed by atoms with Gasteiger partial charge < -0.3 is 47.1 Å². The number of fused-ring (bicyclic) bond motifs is 1. The highest BCUT2D eigenvalue weighted by atomic mass is 16.4. The maximum absolute atomic E-state index is 13.1. The summed E-state index contributed by atoms with van der Waals surface area (Å²) in [6, 6.07) is 7.54. The third-order valence-electron chi connectivity index (χ3n) is 6.36. The lowest BCUT2D eigenvalue weighted by Crippen LogP contribution is -2.59. The number of aliphatic hydroxyl groups excluding tert-OH is 2. The predicted molar refractivity (Wildman–Crippen MR) is 144 cm³/mol. The largest absolute Gasteiger partial charge is 0.508 e. The molecule has 214 valence electrons. The number of phenolic OH excluding ortho intramolecular Hbond substituents is 1. The molecular formula is C27H33N5O8. The van der Waals surface area contributed by atoms with Crippen LogP contribution in [0.25, 0.3) is 10.9 Å². The number of aromatic amines is 1. The van der Waals surface area contributed by atoms with Crippen molar-refractivity contribution >= 4 is 34.6 Å². The molecule has 1 aromatic heterocycles. The summed E-state index contributed by atoms with van der Waals surface area (Å²) in [5.41, 5.74) is 7.67. The summed E-state index contributed by atoms with van der Waals surface area (Å²) in [5, 5.41) is 46.6. The van der Waals surface area contributed by atoms with Crippen LogP contribution in [0.2, 0.25) is 0 Å². The lowest BCUT2D eigenvalue weighted by Gasteiger charge is -2.25. The van der Waals surface area contributed by atoms with Gasteiger partial charge in [0.2, 0.25) is 17.7 Å². The molecule has 3 aromatic rings. The summed E-state index contributed by atoms with van der Waals surface area (Å²) < 4.78 is 0. The zero-order chi connectivity index (χ0) is 29.4. The van der Waals surface area contributed by atoms with Crippen molar-refractivity contribution in [2.75, 3.05) is 6.61 Å². The van der Waals surface area contributed by atoms with Crippen molar-refractivity contribution in [2.24, 2.45) is 5.73 Å². The van der Waals surface area contributed by atoms with E-state index in [0.29, 0.717) is 11.1 Å². The number of aromatic hydroxyl groups is 1. The Morgan fingerprint density at radius 1 is 0.875 bits per heavy atom. The summed E-state index contributed by atoms with van der Waals surface area (Å²) in [6.45, 7) is 0.449. The highest BCUT2D eigenvalue weighted by Gasteiger charge is 2.31. The fourth-order valence-electron chi connectivity index (χ4n) is 4.02. The second kappa shape index (κ2) is 13.6. The van der Waals surface area contributed by atoms with E-state index in [2.05, 4.69) is 20.9 Å². The molecule has 0 saturated carbocycles. The monoisotopic (exact) mass is 555 g/mol. The summed E-state index contributed by atoms with van der Waals surface area (Å²) in [5.74, 6) is -3.97. The fourth-order valence-corrected chi connectivity index (χ4v) is 4.02. The first-order chi connectivity index (χ1) is 19.0. The highest BCUT2D eigenvalue weighted by molar-refractivity contribution is 5.94. The Kier molecular flexibility index (Phi) is 10.2. The van der Waals surface area contributed by atoms with Gasteiger partial charge in [-0.25, -0.2) is 4.79 Å². The normalized spacial score (nSPS) is 14.9. The molecular weight excluding hydrogens is 522 g/mol. The number of rotatable bonds is 13. The molecule has 2 aromatic carbocycles. The average molecular weight is 556 g/mol. The van der Waals surface area contributed by atoms with Gasteiger partial charge in [0.05, 0.1) is 12.7 Å². The first kappa shape index (κ1) is 30.1. The molecule has 0 aliphatic carbocycles. The van der Waals surface area contributed by atoms with Crippen LogP contribution in [0.15, 0.2) is 54.7 Å². The second-order valence-corrected chi connectivity index (χ2v) is 9.40. The molecule has 0 saturated heterocycles. The number of H-pyrrole nitrogens is 1. The Labute approximate surface area is 229 Å². The fraction of sp³-hybridized carbons (Fsp3) is 0.333. The van der Waals surface area contributed by atoms with E-state index in [-0.39, 0.29) is 18.6 Å². The predicted octanol–water partition coefficient (Wildman–Crippen LogP) is -1.10. The SMILES string of the molecule is CC(O)C(N)C(=O)NC(Cc1ccc(O)cc1)C(=O)NC(CO)C(=O)NC(Cc1c[nH]c2ccccc12)C(=O)O. The van der Waals surface area contributed by atoms with Gasteiger partial charge in [-0.3, -0.25) is 14.4 Å². The lowest BCUT2D eigenvalue weighted by molar-refractivity contribution is -0.142. The van der Waals surface area contributed by atoms with Gasteiger partial charge in [-0.15, -0.1) is 0 Å². The number of aliphatic hydroxyl groups is 2. The van der Waals surface area contributed by atoms with Crippen LogP contribution in [-0.4, -0.2) is 86.0 Å². The van der Waals surface area contributed by atoms with Gasteiger partial charge in [-0.2, -0.15) is 0 Å². The van der Waals surface area contributed by atoms with Crippen LogP contribution in [0.5, 0.6) is 5.75 Å². The minimum absolute atomic E-state index is 0.0115. The number of hydrogen-bond donors (Lipinski definition) is 9. The van der Waals surface area contributed by atoms with Crippen molar-refractivity contribution in [2.45, 2.75) is 50.0 Å². The molecule has 40 heavy (non-hydrogen) atoms. The minimum Gasteiger partial charge on any atom is -0.508 e. The van der Waals surface area contributed by atoms with Crippen LogP contribution in [0.1, 0.15) is 18.1 Å². The quantitative estimate of drug-likeness (QED) is 0.124. The second-order valence-electron chi connectivity index (χ2n) is 9.40. The molecule has 5 unspecified atom stereocenters. The minimum atomic E-state index is -1.54. The third kappa shape index (κ3) is 7.79. The number of benzene rings is 2. The molecule has 5 atom stereocenters. The molecule has 0 radical (unpaired) electrons. The van der Waals surface area contributed by atoms with E-state index < -0.39 is 60.6 Å². The van der Waals surface area contributed by atoms with Crippen LogP contribution in [0, 0.1) is 0 Å². The number of hydrogen-bond acceptors (Lipinski definition) is 8.